The second-order valence-electron chi connectivity index (χ2n) is 14.7. The number of piperazine rings is 1. The smallest absolute Gasteiger partial charge is 0.318 e. The van der Waals surface area contributed by atoms with E-state index in [0.29, 0.717) is 25.6 Å². The van der Waals surface area contributed by atoms with Crippen molar-refractivity contribution in [2.24, 2.45) is 0 Å². The van der Waals surface area contributed by atoms with Crippen LogP contribution in [0.1, 0.15) is 85.7 Å². The van der Waals surface area contributed by atoms with Crippen molar-refractivity contribution < 1.29 is 22.7 Å². The fourth-order valence-electron chi connectivity index (χ4n) is 8.43. The summed E-state index contributed by atoms with van der Waals surface area (Å²) in [6.45, 7) is 6.18. The number of carbonyl (C=O) groups excluding carboxylic acids is 2. The lowest BCUT2D eigenvalue weighted by atomic mass is 9.81. The Hall–Kier alpha value is -3.61. The van der Waals surface area contributed by atoms with Crippen LogP contribution in [0, 0.1) is 0 Å². The van der Waals surface area contributed by atoms with Crippen LogP contribution >= 0.6 is 0 Å². The molecule has 3 fully saturated rings. The number of aromatic nitrogens is 1. The Morgan fingerprint density at radius 3 is 2.38 bits per heavy atom. The lowest BCUT2D eigenvalue weighted by Gasteiger charge is -2.42. The monoisotopic (exact) mass is 676 g/mol. The summed E-state index contributed by atoms with van der Waals surface area (Å²) in [7, 11) is 2.60. The summed E-state index contributed by atoms with van der Waals surface area (Å²) in [4.78, 5) is 31.7. The van der Waals surface area contributed by atoms with Crippen LogP contribution in [0.2, 0.25) is 0 Å². The predicted molar refractivity (Wildman–Crippen MR) is 187 cm³/mol. The minimum Gasteiger partial charge on any atom is -0.497 e. The van der Waals surface area contributed by atoms with Crippen LogP contribution < -0.4 is 14.8 Å². The lowest BCUT2D eigenvalue weighted by Crippen LogP contribution is -2.60. The third-order valence-electron chi connectivity index (χ3n) is 11.5. The molecule has 2 aromatic carbocycles. The van der Waals surface area contributed by atoms with Crippen LogP contribution in [0.4, 0.5) is 4.79 Å². The summed E-state index contributed by atoms with van der Waals surface area (Å²) in [5.74, 6) is 0.562. The van der Waals surface area contributed by atoms with Gasteiger partial charge < -0.3 is 19.5 Å². The summed E-state index contributed by atoms with van der Waals surface area (Å²) in [5, 5.41) is 4.61. The number of urea groups is 1. The van der Waals surface area contributed by atoms with Crippen molar-refractivity contribution in [2.75, 3.05) is 41.3 Å². The molecule has 2 aliphatic heterocycles. The van der Waals surface area contributed by atoms with Crippen molar-refractivity contribution >= 4 is 33.1 Å². The predicted octanol–water partition coefficient (Wildman–Crippen LogP) is 4.87. The average Bonchev–Trinajstić information content (AvgIpc) is 3.69. The molecule has 1 aromatic heterocycles. The third-order valence-corrected chi connectivity index (χ3v) is 12.9. The molecule has 0 bridgehead atoms. The highest BCUT2D eigenvalue weighted by molar-refractivity contribution is 7.87. The Labute approximate surface area is 283 Å². The highest BCUT2D eigenvalue weighted by Gasteiger charge is 2.59. The highest BCUT2D eigenvalue weighted by Crippen LogP contribution is 2.60. The average molecular weight is 677 g/mol. The minimum atomic E-state index is -3.97. The molecule has 0 radical (unpaired) electrons. The van der Waals surface area contributed by atoms with Gasteiger partial charge in [-0.3, -0.25) is 9.69 Å². The van der Waals surface area contributed by atoms with E-state index in [4.69, 9.17) is 4.74 Å². The number of hydrogen-bond acceptors (Lipinski definition) is 6. The Kier molecular flexibility index (Phi) is 8.27. The number of rotatable bonds is 6. The van der Waals surface area contributed by atoms with Crippen LogP contribution in [0.25, 0.3) is 22.2 Å². The molecular weight excluding hydrogens is 629 g/mol. The van der Waals surface area contributed by atoms with Gasteiger partial charge in [0, 0.05) is 73.8 Å². The van der Waals surface area contributed by atoms with E-state index >= 15 is 0 Å². The van der Waals surface area contributed by atoms with Crippen LogP contribution in [-0.4, -0.2) is 98.0 Å². The number of methoxy groups -OCH3 is 1. The van der Waals surface area contributed by atoms with E-state index in [9.17, 15) is 18.0 Å². The molecule has 11 nitrogen and oxygen atoms in total. The maximum atomic E-state index is 14.1. The van der Waals surface area contributed by atoms with Crippen molar-refractivity contribution in [3.63, 3.8) is 0 Å². The first-order chi connectivity index (χ1) is 22.8. The first-order valence-electron chi connectivity index (χ1n) is 17.2. The molecule has 258 valence electrons. The van der Waals surface area contributed by atoms with Gasteiger partial charge in [0.15, 0.2) is 0 Å². The second kappa shape index (κ2) is 12.1. The van der Waals surface area contributed by atoms with Gasteiger partial charge in [0.05, 0.1) is 18.3 Å². The first-order valence-corrected chi connectivity index (χ1v) is 18.7. The number of benzene rings is 2. The van der Waals surface area contributed by atoms with E-state index in [1.165, 1.54) is 44.5 Å². The van der Waals surface area contributed by atoms with Gasteiger partial charge in [-0.25, -0.2) is 9.52 Å². The van der Waals surface area contributed by atoms with Gasteiger partial charge in [0.2, 0.25) is 0 Å². The maximum absolute atomic E-state index is 14.1. The van der Waals surface area contributed by atoms with E-state index in [-0.39, 0.29) is 29.6 Å². The SMILES string of the molecule is COc1ccc2c(c1)C1CC1(NC(=O)N1CC(C)N(C)C(C)C1)Cn1c-2c(C2CCCCC2)c2ccc(C(=O)NS(=O)(=O)N(C)C)cc21. The molecule has 4 unspecified atom stereocenters. The fourth-order valence-corrected chi connectivity index (χ4v) is 8.96. The quantitative estimate of drug-likeness (QED) is 0.385. The van der Waals surface area contributed by atoms with E-state index in [1.807, 2.05) is 23.1 Å². The number of fused-ring (bicyclic) bond motifs is 7. The molecule has 7 rings (SSSR count). The number of carbonyl (C=O) groups is 2. The van der Waals surface area contributed by atoms with E-state index in [0.717, 1.165) is 51.5 Å². The van der Waals surface area contributed by atoms with Crippen LogP contribution in [-0.2, 0) is 16.8 Å². The normalized spacial score (nSPS) is 26.0. The molecule has 4 atom stereocenters. The largest absolute Gasteiger partial charge is 0.497 e. The molecular formula is C36H48N6O5S. The van der Waals surface area contributed by atoms with Gasteiger partial charge in [-0.15, -0.1) is 0 Å². The van der Waals surface area contributed by atoms with Gasteiger partial charge >= 0.3 is 16.2 Å². The van der Waals surface area contributed by atoms with Crippen LogP contribution in [0.3, 0.4) is 0 Å². The number of nitrogens with one attached hydrogen (secondary N) is 2. The summed E-state index contributed by atoms with van der Waals surface area (Å²) < 4.78 is 36.4. The second-order valence-corrected chi connectivity index (χ2v) is 16.6. The number of nitrogens with zero attached hydrogens (tertiary/aromatic N) is 4. The highest BCUT2D eigenvalue weighted by atomic mass is 32.2. The van der Waals surface area contributed by atoms with Crippen LogP contribution in [0.15, 0.2) is 36.4 Å². The molecule has 2 N–H and O–H groups in total. The summed E-state index contributed by atoms with van der Waals surface area (Å²) in [6, 6.07) is 12.3. The van der Waals surface area contributed by atoms with Crippen LogP contribution in [0.5, 0.6) is 5.75 Å². The molecule has 1 saturated heterocycles. The molecule has 3 aromatic rings. The molecule has 12 heteroatoms. The fraction of sp³-hybridized carbons (Fsp3) is 0.556. The number of amides is 3. The van der Waals surface area contributed by atoms with Gasteiger partial charge in [-0.05, 0) is 87.5 Å². The van der Waals surface area contributed by atoms with E-state index in [1.54, 1.807) is 13.2 Å². The van der Waals surface area contributed by atoms with Crippen molar-refractivity contribution in [1.29, 1.82) is 0 Å². The van der Waals surface area contributed by atoms with Crippen molar-refractivity contribution in [2.45, 2.75) is 88.4 Å². The topological polar surface area (TPSA) is 116 Å². The molecule has 2 aliphatic carbocycles. The zero-order valence-corrected chi connectivity index (χ0v) is 29.7. The number of hydrogen-bond donors (Lipinski definition) is 2. The van der Waals surface area contributed by atoms with Crippen molar-refractivity contribution in [3.8, 4) is 17.0 Å². The summed E-state index contributed by atoms with van der Waals surface area (Å²) in [6.07, 6.45) is 6.53. The molecule has 3 amide bonds. The Morgan fingerprint density at radius 2 is 1.71 bits per heavy atom. The Balaban J connectivity index is 1.37. The first kappa shape index (κ1) is 32.9. The third kappa shape index (κ3) is 5.55. The number of ether oxygens (including phenoxy) is 1. The molecule has 48 heavy (non-hydrogen) atoms. The summed E-state index contributed by atoms with van der Waals surface area (Å²) >= 11 is 0. The maximum Gasteiger partial charge on any atom is 0.318 e. The number of likely N-dealkylation sites (N-methyl/N-ethyl adjacent to an activating group) is 1. The van der Waals surface area contributed by atoms with Crippen molar-refractivity contribution in [3.05, 3.63) is 53.1 Å². The van der Waals surface area contributed by atoms with Gasteiger partial charge in [0.25, 0.3) is 5.91 Å². The Bertz CT molecular complexity index is 1870. The lowest BCUT2D eigenvalue weighted by molar-refractivity contribution is 0.0752. The molecule has 2 saturated carbocycles. The van der Waals surface area contributed by atoms with Crippen molar-refractivity contribution in [1.82, 2.24) is 28.7 Å². The zero-order valence-electron chi connectivity index (χ0n) is 28.9. The minimum absolute atomic E-state index is 0.0462. The molecule has 4 aliphatic rings. The Morgan fingerprint density at radius 1 is 1.00 bits per heavy atom. The van der Waals surface area contributed by atoms with E-state index < -0.39 is 21.7 Å². The van der Waals surface area contributed by atoms with Gasteiger partial charge in [-0.2, -0.15) is 12.7 Å². The van der Waals surface area contributed by atoms with Gasteiger partial charge in [0.1, 0.15) is 5.75 Å². The molecule has 3 heterocycles. The zero-order chi connectivity index (χ0) is 34.1. The van der Waals surface area contributed by atoms with Gasteiger partial charge in [-0.1, -0.05) is 25.3 Å². The van der Waals surface area contributed by atoms with E-state index in [2.05, 4.69) is 52.5 Å². The summed E-state index contributed by atoms with van der Waals surface area (Å²) in [5.41, 5.74) is 5.35. The standard InChI is InChI=1S/C36H48N6O5S/c1-22-19-41(20-23(2)40(22)5)35(44)37-36-18-30(36)29-17-26(47-6)13-15-27(29)33-32(24-10-8-7-9-11-24)28-14-12-25(16-31(28)42(33)21-36)34(43)38-48(45,46)39(3)4/h12-17,22-24,30H,7-11,18-21H2,1-6H3,(H,37,44)(H,38,43). The molecule has 0 spiro atoms.